The van der Waals surface area contributed by atoms with E-state index >= 15 is 0 Å². The molecule has 1 heterocycles. The van der Waals surface area contributed by atoms with E-state index in [0.717, 1.165) is 5.56 Å². The average molecular weight is 387 g/mol. The summed E-state index contributed by atoms with van der Waals surface area (Å²) in [7, 11) is 1.52. The van der Waals surface area contributed by atoms with Gasteiger partial charge >= 0.3 is 5.97 Å². The Morgan fingerprint density at radius 2 is 1.74 bits per heavy atom. The summed E-state index contributed by atoms with van der Waals surface area (Å²) in [5.74, 6) is -2.52. The van der Waals surface area contributed by atoms with Crippen LogP contribution >= 0.6 is 11.6 Å². The van der Waals surface area contributed by atoms with E-state index in [1.807, 2.05) is 0 Å². The second-order valence-electron chi connectivity index (χ2n) is 6.47. The maximum absolute atomic E-state index is 12.9. The minimum absolute atomic E-state index is 0.117. The largest absolute Gasteiger partial charge is 0.481 e. The molecule has 1 fully saturated rings. The van der Waals surface area contributed by atoms with Crippen molar-refractivity contribution in [3.05, 3.63) is 70.2 Å². The Bertz CT molecular complexity index is 882. The highest BCUT2D eigenvalue weighted by molar-refractivity contribution is 6.30. The molecule has 2 aromatic carbocycles. The van der Waals surface area contributed by atoms with Crippen molar-refractivity contribution in [2.45, 2.75) is 5.92 Å². The molecule has 0 aliphatic carbocycles. The Hall–Kier alpha value is -2.86. The van der Waals surface area contributed by atoms with Gasteiger partial charge in [0.05, 0.1) is 5.92 Å². The lowest BCUT2D eigenvalue weighted by atomic mass is 9.89. The summed E-state index contributed by atoms with van der Waals surface area (Å²) in [5.41, 5.74) is 1.57. The second-order valence-corrected chi connectivity index (χ2v) is 6.91. The second kappa shape index (κ2) is 7.80. The van der Waals surface area contributed by atoms with Gasteiger partial charge in [-0.3, -0.25) is 14.4 Å². The molecule has 7 heteroatoms. The zero-order valence-electron chi connectivity index (χ0n) is 14.7. The van der Waals surface area contributed by atoms with Crippen LogP contribution in [0, 0.1) is 5.92 Å². The summed E-state index contributed by atoms with van der Waals surface area (Å²) in [5, 5.41) is 12.7. The molecule has 0 spiro atoms. The van der Waals surface area contributed by atoms with Crippen LogP contribution in [-0.2, 0) is 4.79 Å². The molecule has 1 aliphatic rings. The minimum atomic E-state index is -0.940. The average Bonchev–Trinajstić information content (AvgIpc) is 3.13. The lowest BCUT2D eigenvalue weighted by molar-refractivity contribution is -0.141. The number of rotatable bonds is 4. The first-order valence-corrected chi connectivity index (χ1v) is 8.88. The van der Waals surface area contributed by atoms with Crippen molar-refractivity contribution in [3.8, 4) is 0 Å². The van der Waals surface area contributed by atoms with Gasteiger partial charge in [-0.15, -0.1) is 0 Å². The molecule has 1 saturated heterocycles. The number of nitrogens with zero attached hydrogens (tertiary/aromatic N) is 1. The first-order valence-electron chi connectivity index (χ1n) is 8.50. The monoisotopic (exact) mass is 386 g/mol. The van der Waals surface area contributed by atoms with Crippen LogP contribution in [-0.4, -0.2) is 47.9 Å². The lowest BCUT2D eigenvalue weighted by Crippen LogP contribution is -2.30. The third-order valence-corrected chi connectivity index (χ3v) is 5.07. The third kappa shape index (κ3) is 3.95. The van der Waals surface area contributed by atoms with Crippen molar-refractivity contribution in [1.82, 2.24) is 10.2 Å². The normalized spacial score (nSPS) is 19.0. The van der Waals surface area contributed by atoms with E-state index in [0.29, 0.717) is 22.7 Å². The van der Waals surface area contributed by atoms with Crippen molar-refractivity contribution < 1.29 is 19.5 Å². The van der Waals surface area contributed by atoms with Crippen molar-refractivity contribution in [1.29, 1.82) is 0 Å². The summed E-state index contributed by atoms with van der Waals surface area (Å²) >= 11 is 5.92. The van der Waals surface area contributed by atoms with Gasteiger partial charge < -0.3 is 15.3 Å². The number of benzene rings is 2. The molecule has 2 atom stereocenters. The Morgan fingerprint density at radius 1 is 1.07 bits per heavy atom. The van der Waals surface area contributed by atoms with Crippen molar-refractivity contribution in [3.63, 3.8) is 0 Å². The molecule has 0 saturated carbocycles. The number of aliphatic carboxylic acids is 1. The van der Waals surface area contributed by atoms with E-state index in [4.69, 9.17) is 11.6 Å². The molecule has 140 valence electrons. The Kier molecular flexibility index (Phi) is 5.46. The van der Waals surface area contributed by atoms with Gasteiger partial charge in [0.25, 0.3) is 11.8 Å². The highest BCUT2D eigenvalue weighted by atomic mass is 35.5. The number of likely N-dealkylation sites (tertiary alicyclic amines) is 1. The van der Waals surface area contributed by atoms with Crippen LogP contribution in [0.4, 0.5) is 0 Å². The molecule has 0 unspecified atom stereocenters. The van der Waals surface area contributed by atoms with E-state index < -0.39 is 11.9 Å². The molecule has 27 heavy (non-hydrogen) atoms. The number of halogens is 1. The van der Waals surface area contributed by atoms with Crippen LogP contribution in [0.5, 0.6) is 0 Å². The number of carboxylic acid groups (broad SMARTS) is 1. The fourth-order valence-electron chi connectivity index (χ4n) is 3.39. The van der Waals surface area contributed by atoms with E-state index in [-0.39, 0.29) is 24.3 Å². The number of carboxylic acids is 1. The fraction of sp³-hybridized carbons (Fsp3) is 0.250. The standard InChI is InChI=1S/C20H19ClN2O4/c1-22-18(24)13-3-2-4-14(9-13)19(25)23-10-16(17(11-23)20(26)27)12-5-7-15(21)8-6-12/h2-9,16-17H,10-11H2,1H3,(H,22,24)(H,26,27)/t16-,17+/m0/s1. The van der Waals surface area contributed by atoms with E-state index in [2.05, 4.69) is 5.32 Å². The minimum Gasteiger partial charge on any atom is -0.481 e. The summed E-state index contributed by atoms with van der Waals surface area (Å²) in [6.07, 6.45) is 0. The van der Waals surface area contributed by atoms with Crippen LogP contribution in [0.15, 0.2) is 48.5 Å². The Labute approximate surface area is 161 Å². The lowest BCUT2D eigenvalue weighted by Gasteiger charge is -2.17. The predicted molar refractivity (Wildman–Crippen MR) is 101 cm³/mol. The molecule has 3 rings (SSSR count). The van der Waals surface area contributed by atoms with E-state index in [1.54, 1.807) is 42.5 Å². The number of amides is 2. The molecule has 0 radical (unpaired) electrons. The Morgan fingerprint density at radius 3 is 2.37 bits per heavy atom. The molecular weight excluding hydrogens is 368 g/mol. The van der Waals surface area contributed by atoms with Crippen LogP contribution < -0.4 is 5.32 Å². The number of carbonyl (C=O) groups excluding carboxylic acids is 2. The zero-order valence-corrected chi connectivity index (χ0v) is 15.4. The summed E-state index contributed by atoms with van der Waals surface area (Å²) in [6.45, 7) is 0.410. The highest BCUT2D eigenvalue weighted by Gasteiger charge is 2.40. The van der Waals surface area contributed by atoms with Gasteiger partial charge in [0.1, 0.15) is 0 Å². The van der Waals surface area contributed by atoms with Gasteiger partial charge in [-0.2, -0.15) is 0 Å². The molecule has 6 nitrogen and oxygen atoms in total. The van der Waals surface area contributed by atoms with Gasteiger partial charge in [-0.1, -0.05) is 29.8 Å². The zero-order chi connectivity index (χ0) is 19.6. The fourth-order valence-corrected chi connectivity index (χ4v) is 3.51. The first-order chi connectivity index (χ1) is 12.9. The Balaban J connectivity index is 1.85. The first kappa shape index (κ1) is 18.9. The third-order valence-electron chi connectivity index (χ3n) is 4.82. The van der Waals surface area contributed by atoms with Crippen LogP contribution in [0.2, 0.25) is 5.02 Å². The number of hydrogen-bond acceptors (Lipinski definition) is 3. The van der Waals surface area contributed by atoms with Crippen molar-refractivity contribution in [2.75, 3.05) is 20.1 Å². The van der Waals surface area contributed by atoms with Crippen molar-refractivity contribution in [2.24, 2.45) is 5.92 Å². The number of carbonyl (C=O) groups is 3. The predicted octanol–water partition coefficient (Wildman–Crippen LogP) is 2.64. The van der Waals surface area contributed by atoms with Gasteiger partial charge in [0, 0.05) is 42.2 Å². The topological polar surface area (TPSA) is 86.7 Å². The van der Waals surface area contributed by atoms with Crippen LogP contribution in [0.1, 0.15) is 32.2 Å². The quantitative estimate of drug-likeness (QED) is 0.845. The number of nitrogens with one attached hydrogen (secondary N) is 1. The smallest absolute Gasteiger partial charge is 0.308 e. The molecule has 2 N–H and O–H groups in total. The van der Waals surface area contributed by atoms with Gasteiger partial charge in [-0.05, 0) is 35.9 Å². The van der Waals surface area contributed by atoms with Gasteiger partial charge in [0.15, 0.2) is 0 Å². The van der Waals surface area contributed by atoms with Crippen LogP contribution in [0.3, 0.4) is 0 Å². The van der Waals surface area contributed by atoms with Gasteiger partial charge in [0.2, 0.25) is 0 Å². The molecule has 2 aromatic rings. The van der Waals surface area contributed by atoms with E-state index in [9.17, 15) is 19.5 Å². The highest BCUT2D eigenvalue weighted by Crippen LogP contribution is 2.34. The molecule has 2 amide bonds. The van der Waals surface area contributed by atoms with Crippen LogP contribution in [0.25, 0.3) is 0 Å². The SMILES string of the molecule is CNC(=O)c1cccc(C(=O)N2C[C@@H](C(=O)O)[C@H](c3ccc(Cl)cc3)C2)c1. The summed E-state index contributed by atoms with van der Waals surface area (Å²) < 4.78 is 0. The molecule has 0 aromatic heterocycles. The van der Waals surface area contributed by atoms with E-state index in [1.165, 1.54) is 18.0 Å². The molecule has 0 bridgehead atoms. The summed E-state index contributed by atoms with van der Waals surface area (Å²) in [6, 6.07) is 13.4. The maximum Gasteiger partial charge on any atom is 0.308 e. The molecular formula is C20H19ClN2O4. The molecule has 1 aliphatic heterocycles. The maximum atomic E-state index is 12.9. The van der Waals surface area contributed by atoms with Crippen molar-refractivity contribution >= 4 is 29.4 Å². The summed E-state index contributed by atoms with van der Waals surface area (Å²) in [4.78, 5) is 37.9. The van der Waals surface area contributed by atoms with Gasteiger partial charge in [-0.25, -0.2) is 0 Å². The number of hydrogen-bond donors (Lipinski definition) is 2.